The van der Waals surface area contributed by atoms with Crippen molar-refractivity contribution in [3.05, 3.63) is 35.9 Å². The van der Waals surface area contributed by atoms with Crippen LogP contribution in [0.4, 0.5) is 4.79 Å². The fraction of sp³-hybridized carbons (Fsp3) is 0.704. The lowest BCUT2D eigenvalue weighted by atomic mass is 9.65. The molecule has 0 bridgehead atoms. The van der Waals surface area contributed by atoms with E-state index in [-0.39, 0.29) is 18.2 Å². The van der Waals surface area contributed by atoms with Gasteiger partial charge in [0.15, 0.2) is 0 Å². The van der Waals surface area contributed by atoms with Crippen LogP contribution in [0, 0.1) is 5.92 Å². The van der Waals surface area contributed by atoms with Gasteiger partial charge in [-0.15, -0.1) is 0 Å². The third kappa shape index (κ3) is 6.57. The van der Waals surface area contributed by atoms with Gasteiger partial charge in [-0.1, -0.05) is 69.4 Å². The molecule has 2 aliphatic rings. The Morgan fingerprint density at radius 3 is 2.66 bits per heavy atom. The number of ketones is 1. The number of β-amino-alcohol motifs (C(OH)–C–C–N with tert-alkyl or cyclic N) is 1. The van der Waals surface area contributed by atoms with Gasteiger partial charge in [0.25, 0.3) is 0 Å². The highest BCUT2D eigenvalue weighted by Crippen LogP contribution is 2.47. The molecule has 5 nitrogen and oxygen atoms in total. The highest BCUT2D eigenvalue weighted by molar-refractivity contribution is 5.78. The normalized spacial score (nSPS) is 25.6. The van der Waals surface area contributed by atoms with Crippen LogP contribution in [0.2, 0.25) is 0 Å². The molecule has 5 heteroatoms. The molecule has 1 aliphatic carbocycles. The molecule has 1 aromatic rings. The van der Waals surface area contributed by atoms with Crippen LogP contribution in [0.5, 0.6) is 0 Å². The summed E-state index contributed by atoms with van der Waals surface area (Å²) in [5.41, 5.74) is 0.676. The quantitative estimate of drug-likeness (QED) is 0.448. The van der Waals surface area contributed by atoms with Gasteiger partial charge in [-0.25, -0.2) is 4.79 Å². The third-order valence-corrected chi connectivity index (χ3v) is 7.52. The zero-order valence-corrected chi connectivity index (χ0v) is 19.8. The number of piperidine rings is 1. The summed E-state index contributed by atoms with van der Waals surface area (Å²) in [7, 11) is 0. The summed E-state index contributed by atoms with van der Waals surface area (Å²) in [5.74, 6) is 0.656. The lowest BCUT2D eigenvalue weighted by Gasteiger charge is -2.54. The minimum atomic E-state index is -0.507. The smallest absolute Gasteiger partial charge is 0.410 e. The molecular formula is C27H41NO4. The van der Waals surface area contributed by atoms with Gasteiger partial charge in [0.1, 0.15) is 12.4 Å². The van der Waals surface area contributed by atoms with Crippen LogP contribution in [0.15, 0.2) is 30.3 Å². The maximum absolute atomic E-state index is 13.2. The Balaban J connectivity index is 1.64. The van der Waals surface area contributed by atoms with E-state index in [1.807, 2.05) is 35.2 Å². The highest BCUT2D eigenvalue weighted by Gasteiger charge is 2.50. The van der Waals surface area contributed by atoms with Crippen molar-refractivity contribution in [2.45, 2.75) is 109 Å². The Morgan fingerprint density at radius 1 is 1.06 bits per heavy atom. The summed E-state index contributed by atoms with van der Waals surface area (Å²) in [6, 6.07) is 9.71. The van der Waals surface area contributed by atoms with Crippen LogP contribution in [0.3, 0.4) is 0 Å². The third-order valence-electron chi connectivity index (χ3n) is 7.52. The largest absolute Gasteiger partial charge is 0.445 e. The molecule has 1 aromatic carbocycles. The van der Waals surface area contributed by atoms with Crippen molar-refractivity contribution in [2.75, 3.05) is 6.54 Å². The number of carbonyl (C=O) groups is 2. The predicted molar refractivity (Wildman–Crippen MR) is 126 cm³/mol. The topological polar surface area (TPSA) is 66.8 Å². The number of hydrogen-bond acceptors (Lipinski definition) is 4. The molecule has 3 rings (SSSR count). The number of rotatable bonds is 10. The summed E-state index contributed by atoms with van der Waals surface area (Å²) < 4.78 is 5.70. The van der Waals surface area contributed by atoms with E-state index in [4.69, 9.17) is 4.74 Å². The summed E-state index contributed by atoms with van der Waals surface area (Å²) >= 11 is 0. The van der Waals surface area contributed by atoms with E-state index in [2.05, 4.69) is 6.92 Å². The Labute approximate surface area is 193 Å². The maximum Gasteiger partial charge on any atom is 0.410 e. The first-order valence-corrected chi connectivity index (χ1v) is 12.7. The molecule has 1 amide bonds. The standard InChI is InChI=1S/C27H41NO4/c1-2-3-4-8-14-24(29)16-15-23-13-9-10-18-27(23)19-17-25(30)20-28(27)26(31)32-21-22-11-6-5-7-12-22/h5-7,11-12,23,25,30H,2-4,8-10,13-21H2,1H3/t23-,25-,27-/m0/s1. The van der Waals surface area contributed by atoms with Gasteiger partial charge in [0.05, 0.1) is 12.6 Å². The molecule has 1 N–H and O–H groups in total. The number of nitrogens with zero attached hydrogens (tertiary/aromatic N) is 1. The van der Waals surface area contributed by atoms with Crippen LogP contribution < -0.4 is 0 Å². The second-order valence-electron chi connectivity index (χ2n) is 9.78. The molecule has 1 aliphatic heterocycles. The van der Waals surface area contributed by atoms with Crippen molar-refractivity contribution in [1.82, 2.24) is 4.90 Å². The van der Waals surface area contributed by atoms with Crippen molar-refractivity contribution in [1.29, 1.82) is 0 Å². The van der Waals surface area contributed by atoms with Crippen LogP contribution in [0.25, 0.3) is 0 Å². The number of ether oxygens (including phenoxy) is 1. The van der Waals surface area contributed by atoms with E-state index < -0.39 is 6.10 Å². The summed E-state index contributed by atoms with van der Waals surface area (Å²) in [4.78, 5) is 27.5. The van der Waals surface area contributed by atoms with Crippen molar-refractivity contribution < 1.29 is 19.4 Å². The number of benzene rings is 1. The second-order valence-corrected chi connectivity index (χ2v) is 9.78. The van der Waals surface area contributed by atoms with E-state index in [1.54, 1.807) is 0 Å². The van der Waals surface area contributed by atoms with Crippen molar-refractivity contribution in [2.24, 2.45) is 5.92 Å². The maximum atomic E-state index is 13.2. The first kappa shape index (κ1) is 24.8. The number of aliphatic hydroxyl groups is 1. The monoisotopic (exact) mass is 443 g/mol. The lowest BCUT2D eigenvalue weighted by Crippen LogP contribution is -2.62. The number of carbonyl (C=O) groups excluding carboxylic acids is 2. The number of amides is 1. The van der Waals surface area contributed by atoms with Gasteiger partial charge >= 0.3 is 6.09 Å². The zero-order chi connectivity index (χ0) is 22.8. The second kappa shape index (κ2) is 12.4. The number of Topliss-reactive ketones (excluding diaryl/α,β-unsaturated/α-hetero) is 1. The van der Waals surface area contributed by atoms with Gasteiger partial charge in [0.2, 0.25) is 0 Å². The summed E-state index contributed by atoms with van der Waals surface area (Å²) in [6.07, 6.45) is 11.5. The molecule has 32 heavy (non-hydrogen) atoms. The molecule has 1 spiro atoms. The minimum absolute atomic E-state index is 0.239. The SMILES string of the molecule is CCCCCCC(=O)CC[C@@H]1CCCC[C@]12CC[C@H](O)CN2C(=O)OCc1ccccc1. The summed E-state index contributed by atoms with van der Waals surface area (Å²) in [6.45, 7) is 2.75. The van der Waals surface area contributed by atoms with Crippen LogP contribution in [-0.2, 0) is 16.1 Å². The molecule has 0 aromatic heterocycles. The average molecular weight is 444 g/mol. The van der Waals surface area contributed by atoms with Crippen molar-refractivity contribution in [3.63, 3.8) is 0 Å². The number of likely N-dealkylation sites (tertiary alicyclic amines) is 1. The van der Waals surface area contributed by atoms with Gasteiger partial charge in [0, 0.05) is 18.4 Å². The molecule has 1 saturated carbocycles. The van der Waals surface area contributed by atoms with Gasteiger partial charge in [-0.3, -0.25) is 9.69 Å². The van der Waals surface area contributed by atoms with Gasteiger partial charge < -0.3 is 9.84 Å². The van der Waals surface area contributed by atoms with E-state index in [0.29, 0.717) is 37.5 Å². The molecule has 3 atom stereocenters. The van der Waals surface area contributed by atoms with E-state index >= 15 is 0 Å². The fourth-order valence-electron chi connectivity index (χ4n) is 5.69. The Hall–Kier alpha value is -1.88. The minimum Gasteiger partial charge on any atom is -0.445 e. The molecule has 178 valence electrons. The zero-order valence-electron chi connectivity index (χ0n) is 19.8. The molecule has 0 radical (unpaired) electrons. The first-order chi connectivity index (χ1) is 15.5. The Bertz CT molecular complexity index is 722. The van der Waals surface area contributed by atoms with Gasteiger partial charge in [-0.05, 0) is 50.0 Å². The molecule has 0 unspecified atom stereocenters. The Kier molecular flexibility index (Phi) is 9.58. The summed E-state index contributed by atoms with van der Waals surface area (Å²) in [5, 5.41) is 10.4. The average Bonchev–Trinajstić information content (AvgIpc) is 2.82. The Morgan fingerprint density at radius 2 is 1.88 bits per heavy atom. The van der Waals surface area contributed by atoms with Gasteiger partial charge in [-0.2, -0.15) is 0 Å². The van der Waals surface area contributed by atoms with Crippen molar-refractivity contribution >= 4 is 11.9 Å². The fourth-order valence-corrected chi connectivity index (χ4v) is 5.69. The van der Waals surface area contributed by atoms with Crippen LogP contribution in [0.1, 0.15) is 96.0 Å². The molecule has 1 saturated heterocycles. The van der Waals surface area contributed by atoms with E-state index in [9.17, 15) is 14.7 Å². The van der Waals surface area contributed by atoms with Crippen LogP contribution >= 0.6 is 0 Å². The number of hydrogen-bond donors (Lipinski definition) is 1. The molecule has 1 heterocycles. The predicted octanol–water partition coefficient (Wildman–Crippen LogP) is 6.03. The van der Waals surface area contributed by atoms with E-state index in [0.717, 1.165) is 56.9 Å². The first-order valence-electron chi connectivity index (χ1n) is 12.7. The highest BCUT2D eigenvalue weighted by atomic mass is 16.6. The molecule has 2 fully saturated rings. The number of unbranched alkanes of at least 4 members (excludes halogenated alkanes) is 3. The number of aliphatic hydroxyl groups excluding tert-OH is 1. The lowest BCUT2D eigenvalue weighted by molar-refractivity contribution is -0.120. The molecular weight excluding hydrogens is 402 g/mol. The van der Waals surface area contributed by atoms with Crippen LogP contribution in [-0.4, -0.2) is 40.1 Å². The van der Waals surface area contributed by atoms with Crippen molar-refractivity contribution in [3.8, 4) is 0 Å². The van der Waals surface area contributed by atoms with E-state index in [1.165, 1.54) is 12.8 Å².